The summed E-state index contributed by atoms with van der Waals surface area (Å²) in [5.74, 6) is 1.07. The Morgan fingerprint density at radius 3 is 2.67 bits per heavy atom. The number of benzene rings is 1. The molecule has 0 radical (unpaired) electrons. The van der Waals surface area contributed by atoms with Crippen LogP contribution < -0.4 is 5.73 Å². The maximum Gasteiger partial charge on any atom is 0.183 e. The van der Waals surface area contributed by atoms with E-state index in [0.29, 0.717) is 11.6 Å². The van der Waals surface area contributed by atoms with Gasteiger partial charge < -0.3 is 10.3 Å². The summed E-state index contributed by atoms with van der Waals surface area (Å²) in [5.41, 5.74) is 8.95. The molecule has 0 unspecified atom stereocenters. The molecule has 0 aliphatic carbocycles. The fourth-order valence-electron chi connectivity index (χ4n) is 1.44. The molecule has 78 valence electrons. The molecule has 0 bridgehead atoms. The highest BCUT2D eigenvalue weighted by atomic mass is 79.9. The minimum atomic E-state index is 0.380. The summed E-state index contributed by atoms with van der Waals surface area (Å²) in [5, 5.41) is 3.72. The molecular formula is C11H11BrN2O. The highest BCUT2D eigenvalue weighted by Gasteiger charge is 2.14. The Morgan fingerprint density at radius 1 is 1.33 bits per heavy atom. The summed E-state index contributed by atoms with van der Waals surface area (Å²) in [6.45, 7) is 4.07. The van der Waals surface area contributed by atoms with E-state index in [1.165, 1.54) is 5.56 Å². The zero-order valence-corrected chi connectivity index (χ0v) is 10.1. The van der Waals surface area contributed by atoms with E-state index in [9.17, 15) is 0 Å². The molecular weight excluding hydrogens is 256 g/mol. The van der Waals surface area contributed by atoms with Gasteiger partial charge >= 0.3 is 0 Å². The van der Waals surface area contributed by atoms with Crippen molar-refractivity contribution in [1.82, 2.24) is 5.16 Å². The number of anilines is 1. The van der Waals surface area contributed by atoms with Crippen molar-refractivity contribution in [3.63, 3.8) is 0 Å². The lowest BCUT2D eigenvalue weighted by Gasteiger charge is -2.03. The van der Waals surface area contributed by atoms with Crippen LogP contribution in [0.2, 0.25) is 0 Å². The van der Waals surface area contributed by atoms with E-state index in [1.807, 2.05) is 13.8 Å². The second kappa shape index (κ2) is 3.70. The number of halogens is 1. The average molecular weight is 267 g/mol. The maximum absolute atomic E-state index is 5.61. The van der Waals surface area contributed by atoms with Gasteiger partial charge in [0.05, 0.1) is 0 Å². The van der Waals surface area contributed by atoms with Gasteiger partial charge in [0.15, 0.2) is 11.6 Å². The summed E-state index contributed by atoms with van der Waals surface area (Å²) < 4.78 is 5.91. The van der Waals surface area contributed by atoms with Gasteiger partial charge in [0.2, 0.25) is 0 Å². The van der Waals surface area contributed by atoms with Crippen molar-refractivity contribution in [2.45, 2.75) is 13.8 Å². The Bertz CT molecular complexity index is 505. The normalized spacial score (nSPS) is 10.6. The van der Waals surface area contributed by atoms with Crippen molar-refractivity contribution in [3.8, 4) is 11.3 Å². The monoisotopic (exact) mass is 266 g/mol. The van der Waals surface area contributed by atoms with E-state index >= 15 is 0 Å². The Labute approximate surface area is 96.4 Å². The van der Waals surface area contributed by atoms with E-state index < -0.39 is 0 Å². The number of nitrogens with zero attached hydrogens (tertiary/aromatic N) is 1. The van der Waals surface area contributed by atoms with Crippen LogP contribution in [0.4, 0.5) is 5.82 Å². The molecule has 0 atom stereocenters. The van der Waals surface area contributed by atoms with Gasteiger partial charge in [0, 0.05) is 5.56 Å². The average Bonchev–Trinajstić information content (AvgIpc) is 2.52. The number of hydrogen-bond donors (Lipinski definition) is 1. The van der Waals surface area contributed by atoms with Gasteiger partial charge in [0.25, 0.3) is 0 Å². The highest BCUT2D eigenvalue weighted by molar-refractivity contribution is 9.10. The first kappa shape index (κ1) is 10.2. The molecule has 0 aliphatic heterocycles. The Kier molecular flexibility index (Phi) is 2.52. The van der Waals surface area contributed by atoms with Crippen molar-refractivity contribution in [2.24, 2.45) is 0 Å². The molecule has 0 saturated heterocycles. The fourth-order valence-corrected chi connectivity index (χ4v) is 1.80. The number of aryl methyl sites for hydroxylation is 2. The Hall–Kier alpha value is -1.29. The number of nitrogen functional groups attached to an aromatic ring is 1. The largest absolute Gasteiger partial charge is 0.380 e. The second-order valence-electron chi connectivity index (χ2n) is 3.53. The van der Waals surface area contributed by atoms with Crippen molar-refractivity contribution in [3.05, 3.63) is 33.8 Å². The van der Waals surface area contributed by atoms with Crippen LogP contribution in [-0.4, -0.2) is 5.16 Å². The summed E-state index contributed by atoms with van der Waals surface area (Å²) in [7, 11) is 0. The van der Waals surface area contributed by atoms with Crippen LogP contribution in [-0.2, 0) is 0 Å². The van der Waals surface area contributed by atoms with Crippen molar-refractivity contribution < 1.29 is 4.52 Å². The molecule has 0 amide bonds. The number of rotatable bonds is 1. The van der Waals surface area contributed by atoms with Crippen molar-refractivity contribution in [1.29, 1.82) is 0 Å². The van der Waals surface area contributed by atoms with Crippen molar-refractivity contribution >= 4 is 21.7 Å². The lowest BCUT2D eigenvalue weighted by Crippen LogP contribution is -1.85. The third-order valence-electron chi connectivity index (χ3n) is 2.30. The van der Waals surface area contributed by atoms with E-state index in [0.717, 1.165) is 15.6 Å². The van der Waals surface area contributed by atoms with E-state index in [1.54, 1.807) is 0 Å². The fraction of sp³-hybridized carbons (Fsp3) is 0.182. The van der Waals surface area contributed by atoms with Gasteiger partial charge in [-0.3, -0.25) is 0 Å². The molecule has 1 heterocycles. The third-order valence-corrected chi connectivity index (χ3v) is 3.06. The van der Waals surface area contributed by atoms with Crippen LogP contribution in [0.15, 0.2) is 27.2 Å². The molecule has 0 saturated carbocycles. The summed E-state index contributed by atoms with van der Waals surface area (Å²) in [4.78, 5) is 0. The zero-order valence-electron chi connectivity index (χ0n) is 8.54. The van der Waals surface area contributed by atoms with Crippen molar-refractivity contribution in [2.75, 3.05) is 5.73 Å². The number of aromatic nitrogens is 1. The first-order valence-electron chi connectivity index (χ1n) is 4.58. The maximum atomic E-state index is 5.61. The molecule has 2 rings (SSSR count). The molecule has 3 nitrogen and oxygen atoms in total. The van der Waals surface area contributed by atoms with Gasteiger partial charge in [-0.25, -0.2) is 0 Å². The molecule has 2 aromatic rings. The highest BCUT2D eigenvalue weighted by Crippen LogP contribution is 2.34. The minimum Gasteiger partial charge on any atom is -0.380 e. The van der Waals surface area contributed by atoms with Gasteiger partial charge in [-0.15, -0.1) is 0 Å². The zero-order chi connectivity index (χ0) is 11.0. The Morgan fingerprint density at radius 2 is 2.07 bits per heavy atom. The van der Waals surface area contributed by atoms with Crippen LogP contribution in [0.3, 0.4) is 0 Å². The van der Waals surface area contributed by atoms with Gasteiger partial charge in [-0.1, -0.05) is 22.9 Å². The van der Waals surface area contributed by atoms with E-state index in [4.69, 9.17) is 10.3 Å². The van der Waals surface area contributed by atoms with Crippen LogP contribution >= 0.6 is 15.9 Å². The topological polar surface area (TPSA) is 52.0 Å². The predicted molar refractivity (Wildman–Crippen MR) is 63.5 cm³/mol. The molecule has 1 aromatic heterocycles. The number of nitrogens with two attached hydrogens (primary N) is 1. The summed E-state index contributed by atoms with van der Waals surface area (Å²) in [6, 6.07) is 6.17. The summed E-state index contributed by atoms with van der Waals surface area (Å²) in [6.07, 6.45) is 0. The SMILES string of the molecule is Cc1ccc(C)c(-c2onc(N)c2Br)c1. The van der Waals surface area contributed by atoms with Crippen LogP contribution in [0.1, 0.15) is 11.1 Å². The molecule has 2 N–H and O–H groups in total. The first-order chi connectivity index (χ1) is 7.09. The molecule has 15 heavy (non-hydrogen) atoms. The number of hydrogen-bond acceptors (Lipinski definition) is 3. The lowest BCUT2D eigenvalue weighted by atomic mass is 10.0. The van der Waals surface area contributed by atoms with Crippen LogP contribution in [0.25, 0.3) is 11.3 Å². The smallest absolute Gasteiger partial charge is 0.183 e. The standard InChI is InChI=1S/C11H11BrN2O/c1-6-3-4-7(2)8(5-6)10-9(12)11(13)14-15-10/h3-5H,1-2H3,(H2,13,14). The van der Waals surface area contributed by atoms with E-state index in [-0.39, 0.29) is 0 Å². The molecule has 0 fully saturated rings. The molecule has 1 aromatic carbocycles. The quantitative estimate of drug-likeness (QED) is 0.862. The summed E-state index contributed by atoms with van der Waals surface area (Å²) >= 11 is 3.36. The predicted octanol–water partition coefficient (Wildman–Crippen LogP) is 3.30. The van der Waals surface area contributed by atoms with Crippen LogP contribution in [0.5, 0.6) is 0 Å². The third kappa shape index (κ3) is 1.77. The first-order valence-corrected chi connectivity index (χ1v) is 5.37. The second-order valence-corrected chi connectivity index (χ2v) is 4.32. The van der Waals surface area contributed by atoms with Gasteiger partial charge in [0.1, 0.15) is 4.47 Å². The lowest BCUT2D eigenvalue weighted by molar-refractivity contribution is 0.435. The minimum absolute atomic E-state index is 0.380. The van der Waals surface area contributed by atoms with Crippen LogP contribution in [0, 0.1) is 13.8 Å². The molecule has 0 spiro atoms. The van der Waals surface area contributed by atoms with E-state index in [2.05, 4.69) is 39.3 Å². The van der Waals surface area contributed by atoms with Gasteiger partial charge in [-0.2, -0.15) is 0 Å². The molecule has 0 aliphatic rings. The Balaban J connectivity index is 2.63. The van der Waals surface area contributed by atoms with Gasteiger partial charge in [-0.05, 0) is 41.4 Å². The molecule has 4 heteroatoms.